The summed E-state index contributed by atoms with van der Waals surface area (Å²) in [5.74, 6) is 0.244. The molecule has 0 radical (unpaired) electrons. The molecule has 0 aliphatic heterocycles. The molecular formula is C14H24NO4P. The van der Waals surface area contributed by atoms with Gasteiger partial charge in [-0.2, -0.15) is 0 Å². The van der Waals surface area contributed by atoms with Crippen LogP contribution in [-0.4, -0.2) is 22.9 Å². The molecule has 0 amide bonds. The predicted molar refractivity (Wildman–Crippen MR) is 81.1 cm³/mol. The molecule has 20 heavy (non-hydrogen) atoms. The summed E-state index contributed by atoms with van der Waals surface area (Å²) in [6, 6.07) is 7.01. The van der Waals surface area contributed by atoms with Gasteiger partial charge in [-0.25, -0.2) is 4.57 Å². The standard InChI is InChI=1S/C14H24NO4P/c1-3-5-11-15(12-6-4-2)13-9-7-8-10-14(13)19-20(16,17)18/h7-10H,3-6,11-12H2,1-2H3,(H2,16,17,18). The second-order valence-electron chi connectivity index (χ2n) is 4.74. The van der Waals surface area contributed by atoms with Crippen molar-refractivity contribution in [3.05, 3.63) is 24.3 Å². The third kappa shape index (κ3) is 5.95. The lowest BCUT2D eigenvalue weighted by Crippen LogP contribution is -2.26. The van der Waals surface area contributed by atoms with Crippen molar-refractivity contribution >= 4 is 13.5 Å². The molecule has 0 heterocycles. The topological polar surface area (TPSA) is 70.0 Å². The molecule has 6 heteroatoms. The quantitative estimate of drug-likeness (QED) is 0.682. The van der Waals surface area contributed by atoms with E-state index >= 15 is 0 Å². The molecule has 0 aliphatic rings. The lowest BCUT2D eigenvalue weighted by molar-refractivity contribution is 0.283. The molecule has 0 spiro atoms. The van der Waals surface area contributed by atoms with Gasteiger partial charge in [0.05, 0.1) is 5.69 Å². The lowest BCUT2D eigenvalue weighted by Gasteiger charge is -2.26. The van der Waals surface area contributed by atoms with Crippen LogP contribution < -0.4 is 9.42 Å². The molecule has 0 unspecified atom stereocenters. The van der Waals surface area contributed by atoms with Crippen molar-refractivity contribution in [2.75, 3.05) is 18.0 Å². The summed E-state index contributed by atoms with van der Waals surface area (Å²) < 4.78 is 15.9. The highest BCUT2D eigenvalue weighted by Crippen LogP contribution is 2.42. The maximum atomic E-state index is 11.1. The van der Waals surface area contributed by atoms with Gasteiger partial charge in [-0.3, -0.25) is 9.79 Å². The van der Waals surface area contributed by atoms with Crippen LogP contribution >= 0.6 is 7.82 Å². The van der Waals surface area contributed by atoms with Crippen molar-refractivity contribution in [1.29, 1.82) is 0 Å². The molecule has 2 N–H and O–H groups in total. The SMILES string of the molecule is CCCCN(CCCC)c1ccccc1OP(=O)(O)O. The summed E-state index contributed by atoms with van der Waals surface area (Å²) in [7, 11) is -4.53. The van der Waals surface area contributed by atoms with Crippen LogP contribution in [0.25, 0.3) is 0 Å². The summed E-state index contributed by atoms with van der Waals surface area (Å²) in [5, 5.41) is 0. The minimum Gasteiger partial charge on any atom is -0.402 e. The lowest BCUT2D eigenvalue weighted by atomic mass is 10.2. The van der Waals surface area contributed by atoms with E-state index in [1.54, 1.807) is 12.1 Å². The third-order valence-electron chi connectivity index (χ3n) is 2.99. The number of hydrogen-bond acceptors (Lipinski definition) is 3. The van der Waals surface area contributed by atoms with E-state index in [1.807, 2.05) is 12.1 Å². The van der Waals surface area contributed by atoms with Crippen molar-refractivity contribution in [2.24, 2.45) is 0 Å². The van der Waals surface area contributed by atoms with E-state index < -0.39 is 7.82 Å². The van der Waals surface area contributed by atoms with Gasteiger partial charge in [-0.05, 0) is 25.0 Å². The summed E-state index contributed by atoms with van der Waals surface area (Å²) >= 11 is 0. The monoisotopic (exact) mass is 301 g/mol. The average Bonchev–Trinajstić information content (AvgIpc) is 2.38. The van der Waals surface area contributed by atoms with Crippen LogP contribution in [-0.2, 0) is 4.57 Å². The van der Waals surface area contributed by atoms with Crippen LogP contribution in [0.1, 0.15) is 39.5 Å². The number of para-hydroxylation sites is 2. The third-order valence-corrected chi connectivity index (χ3v) is 3.42. The first-order chi connectivity index (χ1) is 9.48. The number of phosphoric ester groups is 1. The maximum absolute atomic E-state index is 11.1. The summed E-state index contributed by atoms with van der Waals surface area (Å²) in [5.41, 5.74) is 0.748. The Bertz CT molecular complexity index is 439. The van der Waals surface area contributed by atoms with Crippen molar-refractivity contribution in [3.8, 4) is 5.75 Å². The van der Waals surface area contributed by atoms with Crippen LogP contribution in [0.5, 0.6) is 5.75 Å². The molecule has 0 saturated carbocycles. The Kier molecular flexibility index (Phi) is 7.06. The Morgan fingerprint density at radius 1 is 1.10 bits per heavy atom. The van der Waals surface area contributed by atoms with Crippen molar-refractivity contribution in [2.45, 2.75) is 39.5 Å². The number of unbranched alkanes of at least 4 members (excludes halogenated alkanes) is 2. The second kappa shape index (κ2) is 8.30. The van der Waals surface area contributed by atoms with Crippen molar-refractivity contribution in [1.82, 2.24) is 0 Å². The van der Waals surface area contributed by atoms with E-state index in [0.29, 0.717) is 0 Å². The molecule has 0 aliphatic carbocycles. The minimum atomic E-state index is -4.53. The highest BCUT2D eigenvalue weighted by molar-refractivity contribution is 7.46. The summed E-state index contributed by atoms with van der Waals surface area (Å²) in [6.45, 7) is 5.96. The first kappa shape index (κ1) is 17.0. The molecular weight excluding hydrogens is 277 g/mol. The fourth-order valence-electron chi connectivity index (χ4n) is 1.97. The zero-order chi connectivity index (χ0) is 15.0. The number of rotatable bonds is 9. The Morgan fingerprint density at radius 2 is 1.65 bits per heavy atom. The molecule has 0 bridgehead atoms. The van der Waals surface area contributed by atoms with Gasteiger partial charge in [-0.1, -0.05) is 38.8 Å². The van der Waals surface area contributed by atoms with Gasteiger partial charge in [0.2, 0.25) is 0 Å². The second-order valence-corrected chi connectivity index (χ2v) is 5.91. The zero-order valence-electron chi connectivity index (χ0n) is 12.2. The fourth-order valence-corrected chi connectivity index (χ4v) is 2.38. The van der Waals surface area contributed by atoms with E-state index in [0.717, 1.165) is 44.5 Å². The number of phosphoric acid groups is 1. The fraction of sp³-hybridized carbons (Fsp3) is 0.571. The van der Waals surface area contributed by atoms with Crippen molar-refractivity contribution in [3.63, 3.8) is 0 Å². The highest BCUT2D eigenvalue weighted by Gasteiger charge is 2.20. The molecule has 1 aromatic rings. The number of nitrogens with zero attached hydrogens (tertiary/aromatic N) is 1. The van der Waals surface area contributed by atoms with Gasteiger partial charge in [0.15, 0.2) is 5.75 Å². The molecule has 114 valence electrons. The van der Waals surface area contributed by atoms with E-state index in [2.05, 4.69) is 18.7 Å². The van der Waals surface area contributed by atoms with Gasteiger partial charge in [0.1, 0.15) is 0 Å². The van der Waals surface area contributed by atoms with Gasteiger partial charge < -0.3 is 9.42 Å². The minimum absolute atomic E-state index is 0.244. The van der Waals surface area contributed by atoms with Gasteiger partial charge in [0.25, 0.3) is 0 Å². The number of hydrogen-bond donors (Lipinski definition) is 2. The molecule has 1 aromatic carbocycles. The average molecular weight is 301 g/mol. The smallest absolute Gasteiger partial charge is 0.402 e. The molecule has 1 rings (SSSR count). The van der Waals surface area contributed by atoms with Crippen LogP contribution in [0.3, 0.4) is 0 Å². The molecule has 0 saturated heterocycles. The van der Waals surface area contributed by atoms with Gasteiger partial charge in [-0.15, -0.1) is 0 Å². The van der Waals surface area contributed by atoms with Crippen molar-refractivity contribution < 1.29 is 18.9 Å². The molecule has 5 nitrogen and oxygen atoms in total. The molecule has 0 aromatic heterocycles. The van der Waals surface area contributed by atoms with Crippen LogP contribution in [0.4, 0.5) is 5.69 Å². The number of benzene rings is 1. The highest BCUT2D eigenvalue weighted by atomic mass is 31.2. The number of anilines is 1. The molecule has 0 fully saturated rings. The maximum Gasteiger partial charge on any atom is 0.524 e. The first-order valence-electron chi connectivity index (χ1n) is 7.07. The Labute approximate surface area is 120 Å². The predicted octanol–water partition coefficient (Wildman–Crippen LogP) is 3.56. The van der Waals surface area contributed by atoms with E-state index in [9.17, 15) is 4.57 Å². The first-order valence-corrected chi connectivity index (χ1v) is 8.60. The van der Waals surface area contributed by atoms with E-state index in [-0.39, 0.29) is 5.75 Å². The van der Waals surface area contributed by atoms with Gasteiger partial charge in [0, 0.05) is 13.1 Å². The van der Waals surface area contributed by atoms with E-state index in [4.69, 9.17) is 14.3 Å². The molecule has 0 atom stereocenters. The Morgan fingerprint density at radius 3 is 2.15 bits per heavy atom. The largest absolute Gasteiger partial charge is 0.524 e. The summed E-state index contributed by atoms with van der Waals surface area (Å²) in [6.07, 6.45) is 4.22. The summed E-state index contributed by atoms with van der Waals surface area (Å²) in [4.78, 5) is 20.1. The Balaban J connectivity index is 2.95. The van der Waals surface area contributed by atoms with Crippen LogP contribution in [0.15, 0.2) is 24.3 Å². The van der Waals surface area contributed by atoms with Gasteiger partial charge >= 0.3 is 7.82 Å². The van der Waals surface area contributed by atoms with Crippen LogP contribution in [0, 0.1) is 0 Å². The van der Waals surface area contributed by atoms with Crippen LogP contribution in [0.2, 0.25) is 0 Å². The Hall–Kier alpha value is -1.03. The normalized spacial score (nSPS) is 11.4. The van der Waals surface area contributed by atoms with E-state index in [1.165, 1.54) is 0 Å². The zero-order valence-corrected chi connectivity index (χ0v) is 13.1.